The van der Waals surface area contributed by atoms with E-state index < -0.39 is 0 Å². The molecular weight excluding hydrogens is 222 g/mol. The van der Waals surface area contributed by atoms with Crippen LogP contribution in [0.4, 0.5) is 0 Å². The molecule has 3 heteroatoms. The van der Waals surface area contributed by atoms with E-state index in [1.54, 1.807) is 0 Å². The lowest BCUT2D eigenvalue weighted by molar-refractivity contribution is 0.0899. The van der Waals surface area contributed by atoms with Crippen molar-refractivity contribution in [1.29, 1.82) is 0 Å². The minimum atomic E-state index is 0.766. The monoisotopic (exact) mass is 251 g/mol. The number of nitrogens with one attached hydrogen (secondary N) is 1. The van der Waals surface area contributed by atoms with Crippen LogP contribution in [-0.2, 0) is 0 Å². The van der Waals surface area contributed by atoms with E-state index in [2.05, 4.69) is 29.0 Å². The number of nitrogens with zero attached hydrogens (tertiary/aromatic N) is 2. The maximum absolute atomic E-state index is 3.63. The molecule has 0 spiro atoms. The Hall–Kier alpha value is -0.120. The highest BCUT2D eigenvalue weighted by Gasteiger charge is 2.38. The molecular formula is C15H29N3. The Kier molecular flexibility index (Phi) is 3.92. The van der Waals surface area contributed by atoms with Crippen molar-refractivity contribution >= 4 is 0 Å². The fourth-order valence-corrected chi connectivity index (χ4v) is 4.02. The zero-order valence-corrected chi connectivity index (χ0v) is 12.1. The SMILES string of the molecule is CCNC1CCN(C2CCN(C3CC3)C2)C(C)C1. The van der Waals surface area contributed by atoms with Crippen molar-refractivity contribution in [2.45, 2.75) is 70.1 Å². The normalized spacial score (nSPS) is 39.3. The summed E-state index contributed by atoms with van der Waals surface area (Å²) in [6.07, 6.45) is 7.02. The molecule has 2 saturated heterocycles. The van der Waals surface area contributed by atoms with Crippen LogP contribution in [0.1, 0.15) is 46.0 Å². The molecule has 0 aromatic heterocycles. The maximum Gasteiger partial charge on any atom is 0.0238 e. The summed E-state index contributed by atoms with van der Waals surface area (Å²) in [5.74, 6) is 0. The molecule has 3 atom stereocenters. The van der Waals surface area contributed by atoms with Gasteiger partial charge in [-0.3, -0.25) is 9.80 Å². The van der Waals surface area contributed by atoms with Crippen molar-refractivity contribution in [3.05, 3.63) is 0 Å². The summed E-state index contributed by atoms with van der Waals surface area (Å²) >= 11 is 0. The fourth-order valence-electron chi connectivity index (χ4n) is 4.02. The molecule has 3 nitrogen and oxygen atoms in total. The molecule has 0 amide bonds. The first-order valence-electron chi connectivity index (χ1n) is 8.01. The largest absolute Gasteiger partial charge is 0.314 e. The highest BCUT2D eigenvalue weighted by atomic mass is 15.3. The van der Waals surface area contributed by atoms with Crippen molar-refractivity contribution in [3.8, 4) is 0 Å². The van der Waals surface area contributed by atoms with Gasteiger partial charge in [-0.2, -0.15) is 0 Å². The van der Waals surface area contributed by atoms with Crippen LogP contribution in [-0.4, -0.2) is 60.1 Å². The maximum atomic E-state index is 3.63. The van der Waals surface area contributed by atoms with E-state index in [1.807, 2.05) is 0 Å². The predicted molar refractivity (Wildman–Crippen MR) is 75.9 cm³/mol. The minimum absolute atomic E-state index is 0.766. The molecule has 0 radical (unpaired) electrons. The molecule has 1 aliphatic carbocycles. The first-order chi connectivity index (χ1) is 8.78. The third kappa shape index (κ3) is 2.73. The van der Waals surface area contributed by atoms with Crippen LogP contribution in [0.25, 0.3) is 0 Å². The summed E-state index contributed by atoms with van der Waals surface area (Å²) in [5.41, 5.74) is 0. The van der Waals surface area contributed by atoms with Gasteiger partial charge in [-0.05, 0) is 45.6 Å². The molecule has 3 unspecified atom stereocenters. The lowest BCUT2D eigenvalue weighted by Gasteiger charge is -2.41. The van der Waals surface area contributed by atoms with Gasteiger partial charge in [0.05, 0.1) is 0 Å². The van der Waals surface area contributed by atoms with Gasteiger partial charge in [0.2, 0.25) is 0 Å². The Morgan fingerprint density at radius 2 is 1.89 bits per heavy atom. The Morgan fingerprint density at radius 3 is 2.56 bits per heavy atom. The van der Waals surface area contributed by atoms with Crippen LogP contribution in [0.5, 0.6) is 0 Å². The summed E-state index contributed by atoms with van der Waals surface area (Å²) in [6, 6.07) is 3.35. The Morgan fingerprint density at radius 1 is 1.06 bits per heavy atom. The van der Waals surface area contributed by atoms with Crippen LogP contribution in [0.3, 0.4) is 0 Å². The number of hydrogen-bond donors (Lipinski definition) is 1. The van der Waals surface area contributed by atoms with Crippen LogP contribution in [0.15, 0.2) is 0 Å². The molecule has 0 aromatic rings. The summed E-state index contributed by atoms with van der Waals surface area (Å²) in [6.45, 7) is 9.79. The van der Waals surface area contributed by atoms with E-state index >= 15 is 0 Å². The average Bonchev–Trinajstić information content (AvgIpc) is 3.09. The van der Waals surface area contributed by atoms with Crippen LogP contribution >= 0.6 is 0 Å². The van der Waals surface area contributed by atoms with E-state index in [9.17, 15) is 0 Å². The lowest BCUT2D eigenvalue weighted by atomic mass is 9.96. The molecule has 1 N–H and O–H groups in total. The third-order valence-electron chi connectivity index (χ3n) is 5.15. The van der Waals surface area contributed by atoms with Gasteiger partial charge in [0.25, 0.3) is 0 Å². The van der Waals surface area contributed by atoms with Crippen LogP contribution in [0.2, 0.25) is 0 Å². The van der Waals surface area contributed by atoms with Gasteiger partial charge in [-0.25, -0.2) is 0 Å². The molecule has 18 heavy (non-hydrogen) atoms. The molecule has 0 aromatic carbocycles. The van der Waals surface area contributed by atoms with E-state index in [-0.39, 0.29) is 0 Å². The van der Waals surface area contributed by atoms with Crippen molar-refractivity contribution in [2.75, 3.05) is 26.2 Å². The summed E-state index contributed by atoms with van der Waals surface area (Å²) in [7, 11) is 0. The second-order valence-corrected chi connectivity index (χ2v) is 6.53. The van der Waals surface area contributed by atoms with Crippen LogP contribution in [0, 0.1) is 0 Å². The van der Waals surface area contributed by atoms with Gasteiger partial charge >= 0.3 is 0 Å². The standard InChI is InChI=1S/C15H29N3/c1-3-16-13-6-9-18(12(2)10-13)15-7-8-17(11-15)14-4-5-14/h12-16H,3-11H2,1-2H3. The fraction of sp³-hybridized carbons (Fsp3) is 1.00. The molecule has 3 aliphatic rings. The minimum Gasteiger partial charge on any atom is -0.314 e. The van der Waals surface area contributed by atoms with Crippen molar-refractivity contribution in [1.82, 2.24) is 15.1 Å². The molecule has 2 aliphatic heterocycles. The zero-order valence-electron chi connectivity index (χ0n) is 12.1. The summed E-state index contributed by atoms with van der Waals surface area (Å²) in [5, 5.41) is 3.63. The van der Waals surface area contributed by atoms with Gasteiger partial charge in [0.1, 0.15) is 0 Å². The quantitative estimate of drug-likeness (QED) is 0.820. The third-order valence-corrected chi connectivity index (χ3v) is 5.15. The molecule has 1 saturated carbocycles. The van der Waals surface area contributed by atoms with Gasteiger partial charge in [0, 0.05) is 43.8 Å². The van der Waals surface area contributed by atoms with E-state index in [4.69, 9.17) is 0 Å². The first-order valence-corrected chi connectivity index (χ1v) is 8.01. The Bertz CT molecular complexity index is 277. The number of rotatable bonds is 4. The van der Waals surface area contributed by atoms with Crippen molar-refractivity contribution in [2.24, 2.45) is 0 Å². The Balaban J connectivity index is 1.51. The second kappa shape index (κ2) is 5.48. The van der Waals surface area contributed by atoms with Gasteiger partial charge in [-0.15, -0.1) is 0 Å². The molecule has 104 valence electrons. The number of likely N-dealkylation sites (tertiary alicyclic amines) is 2. The molecule has 0 bridgehead atoms. The van der Waals surface area contributed by atoms with Gasteiger partial charge in [0.15, 0.2) is 0 Å². The zero-order chi connectivity index (χ0) is 12.5. The molecule has 3 rings (SSSR count). The van der Waals surface area contributed by atoms with E-state index in [1.165, 1.54) is 51.7 Å². The topological polar surface area (TPSA) is 18.5 Å². The second-order valence-electron chi connectivity index (χ2n) is 6.53. The van der Waals surface area contributed by atoms with Crippen molar-refractivity contribution in [3.63, 3.8) is 0 Å². The summed E-state index contributed by atoms with van der Waals surface area (Å²) in [4.78, 5) is 5.55. The molecule has 2 heterocycles. The van der Waals surface area contributed by atoms with Crippen LogP contribution < -0.4 is 5.32 Å². The highest BCUT2D eigenvalue weighted by Crippen LogP contribution is 2.32. The molecule has 3 fully saturated rings. The number of piperidine rings is 1. The first kappa shape index (κ1) is 12.9. The predicted octanol–water partition coefficient (Wildman–Crippen LogP) is 1.69. The smallest absolute Gasteiger partial charge is 0.0238 e. The van der Waals surface area contributed by atoms with E-state index in [0.717, 1.165) is 30.7 Å². The van der Waals surface area contributed by atoms with Gasteiger partial charge < -0.3 is 5.32 Å². The van der Waals surface area contributed by atoms with Gasteiger partial charge in [-0.1, -0.05) is 6.92 Å². The lowest BCUT2D eigenvalue weighted by Crippen LogP contribution is -2.52. The number of hydrogen-bond acceptors (Lipinski definition) is 3. The Labute approximate surface area is 112 Å². The summed E-state index contributed by atoms with van der Waals surface area (Å²) < 4.78 is 0. The average molecular weight is 251 g/mol. The highest BCUT2D eigenvalue weighted by molar-refractivity contribution is 4.95. The van der Waals surface area contributed by atoms with Crippen molar-refractivity contribution < 1.29 is 0 Å². The van der Waals surface area contributed by atoms with E-state index in [0.29, 0.717) is 0 Å².